The Morgan fingerprint density at radius 1 is 1.32 bits per heavy atom. The van der Waals surface area contributed by atoms with Gasteiger partial charge in [-0.2, -0.15) is 0 Å². The van der Waals surface area contributed by atoms with Crippen molar-refractivity contribution < 1.29 is 14.1 Å². The summed E-state index contributed by atoms with van der Waals surface area (Å²) in [5.41, 5.74) is 0. The molecular weight excluding hydrogens is 246 g/mol. The fourth-order valence-electron chi connectivity index (χ4n) is 1.86. The second-order valence-electron chi connectivity index (χ2n) is 4.28. The molecule has 1 aromatic rings. The molecule has 2 amide bonds. The van der Waals surface area contributed by atoms with Gasteiger partial charge in [0, 0.05) is 39.0 Å². The van der Waals surface area contributed by atoms with Crippen LogP contribution in [-0.4, -0.2) is 41.5 Å². The minimum Gasteiger partial charge on any atom is -0.360 e. The monoisotopic (exact) mass is 267 g/mol. The summed E-state index contributed by atoms with van der Waals surface area (Å²) in [6.45, 7) is 8.76. The maximum Gasteiger partial charge on any atom is 0.225 e. The van der Waals surface area contributed by atoms with Crippen LogP contribution in [0.5, 0.6) is 0 Å². The van der Waals surface area contributed by atoms with E-state index in [1.165, 1.54) is 11.8 Å². The zero-order chi connectivity index (χ0) is 14.4. The van der Waals surface area contributed by atoms with E-state index in [1.54, 1.807) is 17.9 Å². The SMILES string of the molecule is CCN(CC)C(=O)CCN(C(C)=O)c1cc(C)on1. The van der Waals surface area contributed by atoms with Crippen molar-refractivity contribution >= 4 is 17.6 Å². The summed E-state index contributed by atoms with van der Waals surface area (Å²) < 4.78 is 4.95. The van der Waals surface area contributed by atoms with Gasteiger partial charge in [0.25, 0.3) is 0 Å². The van der Waals surface area contributed by atoms with Gasteiger partial charge in [-0.05, 0) is 20.8 Å². The fraction of sp³-hybridized carbons (Fsp3) is 0.615. The summed E-state index contributed by atoms with van der Waals surface area (Å²) in [6.07, 6.45) is 0.285. The number of nitrogens with zero attached hydrogens (tertiary/aromatic N) is 3. The van der Waals surface area contributed by atoms with Crippen LogP contribution in [0.25, 0.3) is 0 Å². The third-order valence-electron chi connectivity index (χ3n) is 2.94. The molecule has 1 rings (SSSR count). The molecule has 6 nitrogen and oxygen atoms in total. The average molecular weight is 267 g/mol. The Hall–Kier alpha value is -1.85. The van der Waals surface area contributed by atoms with Gasteiger partial charge >= 0.3 is 0 Å². The lowest BCUT2D eigenvalue weighted by molar-refractivity contribution is -0.130. The number of anilines is 1. The normalized spacial score (nSPS) is 10.3. The third-order valence-corrected chi connectivity index (χ3v) is 2.94. The molecule has 0 aromatic carbocycles. The molecule has 0 aliphatic rings. The van der Waals surface area contributed by atoms with E-state index in [4.69, 9.17) is 4.52 Å². The van der Waals surface area contributed by atoms with Crippen molar-refractivity contribution in [3.63, 3.8) is 0 Å². The number of hydrogen-bond donors (Lipinski definition) is 0. The van der Waals surface area contributed by atoms with E-state index in [0.29, 0.717) is 31.2 Å². The number of aryl methyl sites for hydroxylation is 1. The van der Waals surface area contributed by atoms with Crippen molar-refractivity contribution in [2.45, 2.75) is 34.1 Å². The molecule has 1 aromatic heterocycles. The van der Waals surface area contributed by atoms with Crippen molar-refractivity contribution in [3.8, 4) is 0 Å². The number of carbonyl (C=O) groups excluding carboxylic acids is 2. The largest absolute Gasteiger partial charge is 0.360 e. The number of carbonyl (C=O) groups is 2. The minimum absolute atomic E-state index is 0.0384. The Morgan fingerprint density at radius 3 is 2.37 bits per heavy atom. The molecule has 0 saturated heterocycles. The van der Waals surface area contributed by atoms with E-state index in [-0.39, 0.29) is 18.2 Å². The highest BCUT2D eigenvalue weighted by molar-refractivity contribution is 5.91. The van der Waals surface area contributed by atoms with E-state index in [9.17, 15) is 9.59 Å². The van der Waals surface area contributed by atoms with Crippen LogP contribution in [0.4, 0.5) is 5.82 Å². The van der Waals surface area contributed by atoms with Gasteiger partial charge < -0.3 is 9.42 Å². The highest BCUT2D eigenvalue weighted by Crippen LogP contribution is 2.14. The van der Waals surface area contributed by atoms with Crippen molar-refractivity contribution in [2.24, 2.45) is 0 Å². The van der Waals surface area contributed by atoms with Crippen LogP contribution in [0.3, 0.4) is 0 Å². The molecule has 1 heterocycles. The Bertz CT molecular complexity index is 438. The maximum absolute atomic E-state index is 11.9. The summed E-state index contributed by atoms with van der Waals surface area (Å²) in [4.78, 5) is 26.7. The van der Waals surface area contributed by atoms with Crippen molar-refractivity contribution in [1.82, 2.24) is 10.1 Å². The first-order valence-corrected chi connectivity index (χ1v) is 6.48. The Morgan fingerprint density at radius 2 is 1.95 bits per heavy atom. The summed E-state index contributed by atoms with van der Waals surface area (Å²) in [5.74, 6) is 0.978. The number of aromatic nitrogens is 1. The van der Waals surface area contributed by atoms with E-state index in [1.807, 2.05) is 13.8 Å². The second kappa shape index (κ2) is 6.92. The Labute approximate surface area is 113 Å². The molecule has 6 heteroatoms. The zero-order valence-electron chi connectivity index (χ0n) is 12.0. The molecule has 0 spiro atoms. The van der Waals surface area contributed by atoms with Crippen LogP contribution >= 0.6 is 0 Å². The average Bonchev–Trinajstić information content (AvgIpc) is 2.77. The first kappa shape index (κ1) is 15.2. The van der Waals surface area contributed by atoms with Crippen molar-refractivity contribution in [2.75, 3.05) is 24.5 Å². The molecule has 19 heavy (non-hydrogen) atoms. The Kier molecular flexibility index (Phi) is 5.54. The maximum atomic E-state index is 11.9. The molecule has 0 unspecified atom stereocenters. The van der Waals surface area contributed by atoms with Crippen LogP contribution in [0.15, 0.2) is 10.6 Å². The number of amides is 2. The van der Waals surface area contributed by atoms with Crippen LogP contribution in [0, 0.1) is 6.92 Å². The molecule has 0 atom stereocenters. The van der Waals surface area contributed by atoms with Crippen LogP contribution in [-0.2, 0) is 9.59 Å². The number of hydrogen-bond acceptors (Lipinski definition) is 4. The summed E-state index contributed by atoms with van der Waals surface area (Å²) >= 11 is 0. The van der Waals surface area contributed by atoms with Crippen LogP contribution in [0.1, 0.15) is 33.0 Å². The molecule has 0 fully saturated rings. The predicted octanol–water partition coefficient (Wildman–Crippen LogP) is 1.59. The molecule has 0 aliphatic carbocycles. The van der Waals surface area contributed by atoms with Crippen LogP contribution < -0.4 is 4.90 Å². The smallest absolute Gasteiger partial charge is 0.225 e. The Balaban J connectivity index is 2.66. The van der Waals surface area contributed by atoms with E-state index >= 15 is 0 Å². The summed E-state index contributed by atoms with van der Waals surface area (Å²) in [6, 6.07) is 1.68. The van der Waals surface area contributed by atoms with Crippen molar-refractivity contribution in [1.29, 1.82) is 0 Å². The van der Waals surface area contributed by atoms with E-state index in [0.717, 1.165) is 0 Å². The van der Waals surface area contributed by atoms with Gasteiger partial charge in [-0.25, -0.2) is 0 Å². The lowest BCUT2D eigenvalue weighted by Crippen LogP contribution is -2.36. The highest BCUT2D eigenvalue weighted by atomic mass is 16.5. The molecule has 0 saturated carbocycles. The molecule has 0 N–H and O–H groups in total. The van der Waals surface area contributed by atoms with Gasteiger partial charge in [-0.3, -0.25) is 14.5 Å². The molecule has 0 radical (unpaired) electrons. The molecule has 0 bridgehead atoms. The van der Waals surface area contributed by atoms with Gasteiger partial charge in [0.2, 0.25) is 11.8 Å². The zero-order valence-corrected chi connectivity index (χ0v) is 12.0. The lowest BCUT2D eigenvalue weighted by Gasteiger charge is -2.21. The quantitative estimate of drug-likeness (QED) is 0.785. The minimum atomic E-state index is -0.152. The first-order chi connectivity index (χ1) is 8.99. The predicted molar refractivity (Wildman–Crippen MR) is 71.8 cm³/mol. The van der Waals surface area contributed by atoms with Gasteiger partial charge in [0.05, 0.1) is 0 Å². The summed E-state index contributed by atoms with van der Waals surface area (Å²) in [5, 5.41) is 3.81. The lowest BCUT2D eigenvalue weighted by atomic mass is 10.3. The third kappa shape index (κ3) is 4.08. The first-order valence-electron chi connectivity index (χ1n) is 6.48. The van der Waals surface area contributed by atoms with Gasteiger partial charge in [-0.1, -0.05) is 5.16 Å². The second-order valence-corrected chi connectivity index (χ2v) is 4.28. The topological polar surface area (TPSA) is 66.7 Å². The van der Waals surface area contributed by atoms with Gasteiger partial charge in [0.15, 0.2) is 5.82 Å². The highest BCUT2D eigenvalue weighted by Gasteiger charge is 2.18. The van der Waals surface area contributed by atoms with Gasteiger partial charge in [0.1, 0.15) is 5.76 Å². The fourth-order valence-corrected chi connectivity index (χ4v) is 1.86. The standard InChI is InChI=1S/C13H21N3O3/c1-5-15(6-2)13(18)7-8-16(11(4)17)12-9-10(3)19-14-12/h9H,5-8H2,1-4H3. The summed E-state index contributed by atoms with van der Waals surface area (Å²) in [7, 11) is 0. The molecule has 0 aliphatic heterocycles. The molecular formula is C13H21N3O3. The number of rotatable bonds is 6. The van der Waals surface area contributed by atoms with Gasteiger partial charge in [-0.15, -0.1) is 0 Å². The molecule has 106 valence electrons. The van der Waals surface area contributed by atoms with E-state index < -0.39 is 0 Å². The van der Waals surface area contributed by atoms with Crippen molar-refractivity contribution in [3.05, 3.63) is 11.8 Å². The van der Waals surface area contributed by atoms with E-state index in [2.05, 4.69) is 5.16 Å². The van der Waals surface area contributed by atoms with Crippen LogP contribution in [0.2, 0.25) is 0 Å².